The van der Waals surface area contributed by atoms with Crippen LogP contribution >= 0.6 is 11.8 Å². The van der Waals surface area contributed by atoms with Gasteiger partial charge in [0.05, 0.1) is 6.07 Å². The van der Waals surface area contributed by atoms with Crippen molar-refractivity contribution in [2.24, 2.45) is 5.92 Å². The Morgan fingerprint density at radius 2 is 2.37 bits per heavy atom. The van der Waals surface area contributed by atoms with Gasteiger partial charge in [0.25, 0.3) is 5.91 Å². The first kappa shape index (κ1) is 13.4. The Kier molecular flexibility index (Phi) is 3.48. The second-order valence-corrected chi connectivity index (χ2v) is 5.31. The summed E-state index contributed by atoms with van der Waals surface area (Å²) in [5.41, 5.74) is -0.0485. The molecule has 2 aliphatic heterocycles. The van der Waals surface area contributed by atoms with Gasteiger partial charge in [0, 0.05) is 5.75 Å². The van der Waals surface area contributed by atoms with Gasteiger partial charge in [-0.05, 0) is 13.0 Å². The number of nitriles is 1. The van der Waals surface area contributed by atoms with Gasteiger partial charge in [-0.25, -0.2) is 4.79 Å². The van der Waals surface area contributed by atoms with Crippen molar-refractivity contribution in [2.45, 2.75) is 18.3 Å². The van der Waals surface area contributed by atoms with Crippen molar-refractivity contribution < 1.29 is 19.5 Å². The molecule has 3 atom stereocenters. The third kappa shape index (κ3) is 2.17. The number of thioether (sulfide) groups is 1. The molecule has 0 radical (unpaired) electrons. The Morgan fingerprint density at radius 1 is 1.68 bits per heavy atom. The molecule has 2 amide bonds. The van der Waals surface area contributed by atoms with Crippen molar-refractivity contribution in [3.63, 3.8) is 0 Å². The molecule has 0 aromatic heterocycles. The SMILES string of the molecule is CC(C#N)C(=O)N[C@@H]1C(=O)N2C(C(=O)O)=CCS[C@H]12. The van der Waals surface area contributed by atoms with E-state index in [2.05, 4.69) is 5.32 Å². The van der Waals surface area contributed by atoms with Crippen LogP contribution in [0.15, 0.2) is 11.8 Å². The highest BCUT2D eigenvalue weighted by atomic mass is 32.2. The fourth-order valence-electron chi connectivity index (χ4n) is 1.87. The number of carboxylic acids is 1. The molecule has 0 aromatic carbocycles. The number of hydrogen-bond donors (Lipinski definition) is 2. The second-order valence-electron chi connectivity index (χ2n) is 4.16. The van der Waals surface area contributed by atoms with Gasteiger partial charge in [-0.1, -0.05) is 0 Å². The van der Waals surface area contributed by atoms with Crippen LogP contribution in [0.4, 0.5) is 0 Å². The molecule has 1 saturated heterocycles. The largest absolute Gasteiger partial charge is 0.477 e. The number of amides is 2. The number of aliphatic carboxylic acids is 1. The second kappa shape index (κ2) is 4.93. The first-order valence-corrected chi connectivity index (χ1v) is 6.60. The van der Waals surface area contributed by atoms with Crippen molar-refractivity contribution in [1.82, 2.24) is 10.2 Å². The van der Waals surface area contributed by atoms with E-state index in [0.717, 1.165) is 0 Å². The molecular formula is C11H11N3O4S. The normalized spacial score (nSPS) is 26.4. The van der Waals surface area contributed by atoms with Crippen LogP contribution in [0, 0.1) is 17.2 Å². The maximum atomic E-state index is 11.9. The highest BCUT2D eigenvalue weighted by Crippen LogP contribution is 2.37. The van der Waals surface area contributed by atoms with E-state index < -0.39 is 35.1 Å². The zero-order chi connectivity index (χ0) is 14.2. The third-order valence-electron chi connectivity index (χ3n) is 2.95. The molecule has 2 N–H and O–H groups in total. The van der Waals surface area contributed by atoms with Gasteiger partial charge < -0.3 is 10.4 Å². The molecule has 0 aromatic rings. The van der Waals surface area contributed by atoms with E-state index in [0.29, 0.717) is 5.75 Å². The number of rotatable bonds is 3. The topological polar surface area (TPSA) is 111 Å². The molecule has 0 saturated carbocycles. The van der Waals surface area contributed by atoms with Gasteiger partial charge in [0.2, 0.25) is 5.91 Å². The van der Waals surface area contributed by atoms with Gasteiger partial charge in [-0.15, -0.1) is 11.8 Å². The predicted molar refractivity (Wildman–Crippen MR) is 65.5 cm³/mol. The first-order chi connectivity index (χ1) is 8.97. The maximum Gasteiger partial charge on any atom is 0.352 e. The van der Waals surface area contributed by atoms with Crippen molar-refractivity contribution in [3.05, 3.63) is 11.8 Å². The minimum Gasteiger partial charge on any atom is -0.477 e. The van der Waals surface area contributed by atoms with E-state index in [1.807, 2.05) is 0 Å². The number of fused-ring (bicyclic) bond motifs is 1. The molecule has 19 heavy (non-hydrogen) atoms. The van der Waals surface area contributed by atoms with Crippen LogP contribution in [-0.2, 0) is 14.4 Å². The van der Waals surface area contributed by atoms with Crippen molar-refractivity contribution in [2.75, 3.05) is 5.75 Å². The first-order valence-electron chi connectivity index (χ1n) is 5.55. The summed E-state index contributed by atoms with van der Waals surface area (Å²) in [6, 6.07) is 1.03. The molecular weight excluding hydrogens is 270 g/mol. The van der Waals surface area contributed by atoms with Crippen LogP contribution in [0.2, 0.25) is 0 Å². The maximum absolute atomic E-state index is 11.9. The van der Waals surface area contributed by atoms with E-state index in [4.69, 9.17) is 10.4 Å². The van der Waals surface area contributed by atoms with Crippen LogP contribution in [-0.4, -0.2) is 45.0 Å². The van der Waals surface area contributed by atoms with Crippen LogP contribution in [0.25, 0.3) is 0 Å². The molecule has 8 heteroatoms. The fraction of sp³-hybridized carbons (Fsp3) is 0.455. The number of carboxylic acid groups (broad SMARTS) is 1. The van der Waals surface area contributed by atoms with Crippen LogP contribution in [0.1, 0.15) is 6.92 Å². The number of nitrogens with one attached hydrogen (secondary N) is 1. The average molecular weight is 281 g/mol. The van der Waals surface area contributed by atoms with E-state index in [-0.39, 0.29) is 5.70 Å². The lowest BCUT2D eigenvalue weighted by molar-refractivity contribution is -0.150. The molecule has 1 fully saturated rings. The summed E-state index contributed by atoms with van der Waals surface area (Å²) in [5, 5.41) is 19.7. The van der Waals surface area contributed by atoms with E-state index >= 15 is 0 Å². The highest BCUT2D eigenvalue weighted by molar-refractivity contribution is 8.00. The number of β-lactam (4-membered cyclic amide) rings is 1. The zero-order valence-corrected chi connectivity index (χ0v) is 10.8. The summed E-state index contributed by atoms with van der Waals surface area (Å²) in [6.45, 7) is 1.44. The van der Waals surface area contributed by atoms with Crippen molar-refractivity contribution in [1.29, 1.82) is 5.26 Å². The van der Waals surface area contributed by atoms with Crippen molar-refractivity contribution >= 4 is 29.5 Å². The van der Waals surface area contributed by atoms with E-state index in [1.54, 1.807) is 6.07 Å². The van der Waals surface area contributed by atoms with Crippen LogP contribution < -0.4 is 5.32 Å². The summed E-state index contributed by atoms with van der Waals surface area (Å²) < 4.78 is 0. The Labute approximate surface area is 113 Å². The number of hydrogen-bond acceptors (Lipinski definition) is 5. The zero-order valence-electron chi connectivity index (χ0n) is 9.99. The van der Waals surface area contributed by atoms with Crippen molar-refractivity contribution in [3.8, 4) is 6.07 Å². The Morgan fingerprint density at radius 3 is 2.95 bits per heavy atom. The van der Waals surface area contributed by atoms with Gasteiger partial charge >= 0.3 is 5.97 Å². The van der Waals surface area contributed by atoms with Gasteiger partial charge in [-0.3, -0.25) is 14.5 Å². The summed E-state index contributed by atoms with van der Waals surface area (Å²) in [6.07, 6.45) is 1.47. The molecule has 0 bridgehead atoms. The fourth-order valence-corrected chi connectivity index (χ4v) is 3.07. The van der Waals surface area contributed by atoms with E-state index in [1.165, 1.54) is 29.7 Å². The van der Waals surface area contributed by atoms with Gasteiger partial charge in [-0.2, -0.15) is 5.26 Å². The number of carbonyl (C=O) groups is 3. The van der Waals surface area contributed by atoms with Crippen LogP contribution in [0.5, 0.6) is 0 Å². The molecule has 0 spiro atoms. The van der Waals surface area contributed by atoms with Gasteiger partial charge in [0.1, 0.15) is 23.0 Å². The quantitative estimate of drug-likeness (QED) is 0.676. The number of carbonyl (C=O) groups excluding carboxylic acids is 2. The molecule has 2 heterocycles. The summed E-state index contributed by atoms with van der Waals surface area (Å²) >= 11 is 1.38. The molecule has 2 aliphatic rings. The lowest BCUT2D eigenvalue weighted by Crippen LogP contribution is -2.70. The average Bonchev–Trinajstić information content (AvgIpc) is 2.42. The molecule has 7 nitrogen and oxygen atoms in total. The molecule has 1 unspecified atom stereocenters. The molecule has 2 rings (SSSR count). The van der Waals surface area contributed by atoms with E-state index in [9.17, 15) is 14.4 Å². The standard InChI is InChI=1S/C11H11N3O4S/c1-5(4-12)8(15)13-7-9(16)14-6(11(17)18)2-3-19-10(7)14/h2,5,7,10H,3H2,1H3,(H,13,15)(H,17,18)/t5?,7-,10-/m1/s1. The summed E-state index contributed by atoms with van der Waals surface area (Å²) in [4.78, 5) is 35.6. The Bertz CT molecular complexity index is 525. The Hall–Kier alpha value is -2.01. The van der Waals surface area contributed by atoms with Gasteiger partial charge in [0.15, 0.2) is 0 Å². The summed E-state index contributed by atoms with van der Waals surface area (Å²) in [5.74, 6) is -2.51. The van der Waals surface area contributed by atoms with Crippen LogP contribution in [0.3, 0.4) is 0 Å². The minimum absolute atomic E-state index is 0.0485. The lowest BCUT2D eigenvalue weighted by atomic mass is 10.0. The Balaban J connectivity index is 2.08. The number of nitrogens with zero attached hydrogens (tertiary/aromatic N) is 2. The third-order valence-corrected chi connectivity index (χ3v) is 4.13. The highest BCUT2D eigenvalue weighted by Gasteiger charge is 2.52. The lowest BCUT2D eigenvalue weighted by Gasteiger charge is -2.48. The predicted octanol–water partition coefficient (Wildman–Crippen LogP) is -0.486. The molecule has 100 valence electrons. The molecule has 0 aliphatic carbocycles. The smallest absolute Gasteiger partial charge is 0.352 e. The minimum atomic E-state index is -1.16. The summed E-state index contributed by atoms with van der Waals surface area (Å²) in [7, 11) is 0. The monoisotopic (exact) mass is 281 g/mol.